The zero-order valence-electron chi connectivity index (χ0n) is 6.37. The van der Waals surface area contributed by atoms with Crippen LogP contribution in [0.1, 0.15) is 0 Å². The summed E-state index contributed by atoms with van der Waals surface area (Å²) in [6.45, 7) is 0. The van der Waals surface area contributed by atoms with Gasteiger partial charge in [-0.2, -0.15) is 14.5 Å². The van der Waals surface area contributed by atoms with E-state index in [4.69, 9.17) is 34.1 Å². The van der Waals surface area contributed by atoms with Crippen LogP contribution in [-0.4, -0.2) is 30.2 Å². The highest BCUT2D eigenvalue weighted by molar-refractivity contribution is 8.09. The predicted octanol–water partition coefficient (Wildman–Crippen LogP) is 2.94. The Bertz CT molecular complexity index is 301. The minimum Gasteiger partial charge on any atom is -0.347 e. The highest BCUT2D eigenvalue weighted by Gasteiger charge is 2.18. The highest BCUT2D eigenvalue weighted by atomic mass is 35.9. The van der Waals surface area contributed by atoms with Crippen LogP contribution in [0.5, 0.6) is 0 Å². The number of aliphatic imine (C=N–C) groups is 1. The third kappa shape index (κ3) is 2.63. The van der Waals surface area contributed by atoms with Crippen molar-refractivity contribution in [3.05, 3.63) is 0 Å². The summed E-state index contributed by atoms with van der Waals surface area (Å²) in [4.78, 5) is 5.49. The third-order valence-electron chi connectivity index (χ3n) is 1.00. The van der Waals surface area contributed by atoms with Gasteiger partial charge in [0.2, 0.25) is 11.3 Å². The van der Waals surface area contributed by atoms with Crippen LogP contribution < -0.4 is 0 Å². The molecule has 0 saturated heterocycles. The molecule has 0 saturated carbocycles. The van der Waals surface area contributed by atoms with Crippen LogP contribution >= 0.6 is 40.0 Å². The van der Waals surface area contributed by atoms with E-state index in [0.29, 0.717) is 5.96 Å². The molecule has 0 bridgehead atoms. The predicted molar refractivity (Wildman–Crippen MR) is 55.5 cm³/mol. The van der Waals surface area contributed by atoms with Crippen molar-refractivity contribution in [3.63, 3.8) is 0 Å². The molecule has 1 heterocycles. The second kappa shape index (κ2) is 3.54. The Morgan fingerprint density at radius 1 is 1.33 bits per heavy atom. The Hall–Kier alpha value is 0.240. The molecule has 0 radical (unpaired) electrons. The smallest absolute Gasteiger partial charge is 0.258 e. The Kier molecular flexibility index (Phi) is 3.05. The molecule has 1 aliphatic heterocycles. The summed E-state index contributed by atoms with van der Waals surface area (Å²) >= 11 is 17.0. The van der Waals surface area contributed by atoms with E-state index in [1.165, 1.54) is 0 Å². The van der Waals surface area contributed by atoms with Crippen molar-refractivity contribution >= 4 is 51.2 Å². The van der Waals surface area contributed by atoms with Crippen molar-refractivity contribution < 1.29 is 0 Å². The fraction of sp³-hybridized carbons (Fsp3) is 0.500. The molecule has 1 aliphatic rings. The standard InChI is InChI=1S/C4H6Cl3N4P/c1-11(2)4-8-3(5)9-12(6,7)10-4/h1-2H3. The normalized spacial score (nSPS) is 20.8. The summed E-state index contributed by atoms with van der Waals surface area (Å²) < 4.78 is 7.60. The molecule has 0 fully saturated rings. The van der Waals surface area contributed by atoms with E-state index in [9.17, 15) is 0 Å². The maximum Gasteiger partial charge on any atom is 0.258 e. The van der Waals surface area contributed by atoms with Crippen molar-refractivity contribution in [2.75, 3.05) is 14.1 Å². The molecular weight excluding hydrogens is 241 g/mol. The van der Waals surface area contributed by atoms with Gasteiger partial charge in [-0.05, 0) is 34.1 Å². The van der Waals surface area contributed by atoms with Gasteiger partial charge in [0.05, 0.1) is 0 Å². The number of guanidine groups is 1. The number of halogens is 3. The fourth-order valence-corrected chi connectivity index (χ4v) is 2.74. The van der Waals surface area contributed by atoms with Crippen molar-refractivity contribution in [2.45, 2.75) is 0 Å². The summed E-state index contributed by atoms with van der Waals surface area (Å²) in [5.41, 5.74) is 0. The maximum atomic E-state index is 5.74. The van der Waals surface area contributed by atoms with Crippen LogP contribution in [0.3, 0.4) is 0 Å². The van der Waals surface area contributed by atoms with E-state index in [0.717, 1.165) is 0 Å². The first kappa shape index (κ1) is 10.3. The second-order valence-corrected chi connectivity index (χ2v) is 7.23. The average molecular weight is 247 g/mol. The third-order valence-corrected chi connectivity index (χ3v) is 3.05. The number of nitrogens with zero attached hydrogens (tertiary/aromatic N) is 4. The lowest BCUT2D eigenvalue weighted by molar-refractivity contribution is 0.617. The molecule has 0 spiro atoms. The van der Waals surface area contributed by atoms with E-state index in [1.54, 1.807) is 19.0 Å². The number of rotatable bonds is 0. The molecule has 0 aliphatic carbocycles. The molecule has 12 heavy (non-hydrogen) atoms. The van der Waals surface area contributed by atoms with Gasteiger partial charge in [-0.25, -0.2) is 0 Å². The quantitative estimate of drug-likeness (QED) is 0.479. The number of hydrogen-bond donors (Lipinski definition) is 0. The first-order chi connectivity index (χ1) is 5.41. The van der Waals surface area contributed by atoms with Crippen LogP contribution in [0, 0.1) is 0 Å². The van der Waals surface area contributed by atoms with Crippen LogP contribution in [-0.2, 0) is 0 Å². The Balaban J connectivity index is 3.11. The van der Waals surface area contributed by atoms with Gasteiger partial charge < -0.3 is 4.90 Å². The molecular formula is C4H6Cl3N4P. The summed E-state index contributed by atoms with van der Waals surface area (Å²) in [6, 6.07) is 0. The zero-order valence-corrected chi connectivity index (χ0v) is 9.53. The lowest BCUT2D eigenvalue weighted by atomic mass is 10.8. The Morgan fingerprint density at radius 2 is 1.92 bits per heavy atom. The van der Waals surface area contributed by atoms with Crippen molar-refractivity contribution in [1.82, 2.24) is 4.90 Å². The first-order valence-corrected chi connectivity index (χ1v) is 6.82. The van der Waals surface area contributed by atoms with E-state index < -0.39 is 5.91 Å². The SMILES string of the molecule is CN(C)C1=NC(Cl)=NP(Cl)(Cl)=N1. The fourth-order valence-electron chi connectivity index (χ4n) is 0.546. The number of hydrogen-bond acceptors (Lipinski definition) is 4. The molecule has 0 amide bonds. The molecule has 0 atom stereocenters. The molecule has 0 aromatic rings. The van der Waals surface area contributed by atoms with Gasteiger partial charge in [0.15, 0.2) is 0 Å². The highest BCUT2D eigenvalue weighted by Crippen LogP contribution is 2.63. The van der Waals surface area contributed by atoms with Gasteiger partial charge in [0.1, 0.15) is 0 Å². The van der Waals surface area contributed by atoms with E-state index in [2.05, 4.69) is 14.5 Å². The molecule has 0 aromatic carbocycles. The van der Waals surface area contributed by atoms with Crippen LogP contribution in [0.2, 0.25) is 0 Å². The van der Waals surface area contributed by atoms with Crippen LogP contribution in [0.4, 0.5) is 0 Å². The first-order valence-electron chi connectivity index (χ1n) is 2.94. The topological polar surface area (TPSA) is 40.3 Å². The van der Waals surface area contributed by atoms with Crippen LogP contribution in [0.25, 0.3) is 0 Å². The van der Waals surface area contributed by atoms with Crippen molar-refractivity contribution in [1.29, 1.82) is 0 Å². The minimum absolute atomic E-state index is 0.0482. The van der Waals surface area contributed by atoms with Gasteiger partial charge in [-0.15, -0.1) is 0 Å². The molecule has 68 valence electrons. The van der Waals surface area contributed by atoms with E-state index >= 15 is 0 Å². The minimum atomic E-state index is -2.65. The molecule has 0 N–H and O–H groups in total. The zero-order chi connectivity index (χ0) is 9.35. The van der Waals surface area contributed by atoms with Gasteiger partial charge in [0.25, 0.3) is 5.91 Å². The molecule has 8 heteroatoms. The summed E-state index contributed by atoms with van der Waals surface area (Å²) in [5.74, 6) is -2.25. The summed E-state index contributed by atoms with van der Waals surface area (Å²) in [7, 11) is 3.54. The largest absolute Gasteiger partial charge is 0.347 e. The van der Waals surface area contributed by atoms with Crippen LogP contribution in [0.15, 0.2) is 14.5 Å². The second-order valence-electron chi connectivity index (χ2n) is 2.23. The summed E-state index contributed by atoms with van der Waals surface area (Å²) in [5, 5.41) is 0.0482. The molecule has 4 nitrogen and oxygen atoms in total. The molecule has 0 unspecified atom stereocenters. The van der Waals surface area contributed by atoms with E-state index in [-0.39, 0.29) is 5.29 Å². The van der Waals surface area contributed by atoms with E-state index in [1.807, 2.05) is 0 Å². The lowest BCUT2D eigenvalue weighted by Crippen LogP contribution is -2.21. The number of amidine groups is 1. The summed E-state index contributed by atoms with van der Waals surface area (Å²) in [6.07, 6.45) is 0. The van der Waals surface area contributed by atoms with Crippen molar-refractivity contribution in [3.8, 4) is 0 Å². The van der Waals surface area contributed by atoms with Gasteiger partial charge in [0, 0.05) is 14.1 Å². The Labute approximate surface area is 84.9 Å². The van der Waals surface area contributed by atoms with Gasteiger partial charge in [-0.3, -0.25) is 0 Å². The van der Waals surface area contributed by atoms with Gasteiger partial charge >= 0.3 is 0 Å². The monoisotopic (exact) mass is 246 g/mol. The van der Waals surface area contributed by atoms with Gasteiger partial charge in [-0.1, -0.05) is 0 Å². The molecule has 0 aromatic heterocycles. The Morgan fingerprint density at radius 3 is 2.33 bits per heavy atom. The lowest BCUT2D eigenvalue weighted by Gasteiger charge is -2.15. The molecule has 1 rings (SSSR count). The maximum absolute atomic E-state index is 5.74. The average Bonchev–Trinajstić information content (AvgIpc) is 1.82. The van der Waals surface area contributed by atoms with Crippen molar-refractivity contribution in [2.24, 2.45) is 14.5 Å².